The Kier molecular flexibility index (Phi) is 5.58. The van der Waals surface area contributed by atoms with Crippen molar-refractivity contribution in [2.75, 3.05) is 0 Å². The van der Waals surface area contributed by atoms with Crippen molar-refractivity contribution in [1.29, 1.82) is 0 Å². The standard InChI is InChI=1S/C13H22O/c1-12(14)13-10-8-6-4-2-3-5-7-9-11-13/h10H,2-9,11H2,1H3/b13-10-. The van der Waals surface area contributed by atoms with Crippen LogP contribution in [0.1, 0.15) is 64.7 Å². The first-order valence-electron chi connectivity index (χ1n) is 6.00. The highest BCUT2D eigenvalue weighted by molar-refractivity contribution is 5.93. The summed E-state index contributed by atoms with van der Waals surface area (Å²) in [6, 6.07) is 0. The number of carbonyl (C=O) groups excluding carboxylic acids is 1. The van der Waals surface area contributed by atoms with E-state index in [1.165, 1.54) is 44.9 Å². The van der Waals surface area contributed by atoms with Crippen LogP contribution in [-0.4, -0.2) is 5.78 Å². The lowest BCUT2D eigenvalue weighted by molar-refractivity contribution is -0.113. The quantitative estimate of drug-likeness (QED) is 0.616. The maximum Gasteiger partial charge on any atom is 0.155 e. The second-order valence-electron chi connectivity index (χ2n) is 4.30. The summed E-state index contributed by atoms with van der Waals surface area (Å²) >= 11 is 0. The number of ketones is 1. The number of allylic oxidation sites excluding steroid dienone is 2. The van der Waals surface area contributed by atoms with Gasteiger partial charge in [0.15, 0.2) is 5.78 Å². The highest BCUT2D eigenvalue weighted by Gasteiger charge is 2.04. The van der Waals surface area contributed by atoms with Crippen molar-refractivity contribution in [2.24, 2.45) is 0 Å². The first-order chi connectivity index (χ1) is 6.80. The van der Waals surface area contributed by atoms with Gasteiger partial charge in [0.05, 0.1) is 0 Å². The van der Waals surface area contributed by atoms with Gasteiger partial charge in [-0.1, -0.05) is 38.2 Å². The number of carbonyl (C=O) groups is 1. The molecule has 0 aromatic heterocycles. The Morgan fingerprint density at radius 2 is 1.57 bits per heavy atom. The molecule has 0 bridgehead atoms. The topological polar surface area (TPSA) is 17.1 Å². The third-order valence-electron chi connectivity index (χ3n) is 2.99. The van der Waals surface area contributed by atoms with Crippen molar-refractivity contribution < 1.29 is 4.79 Å². The molecule has 0 spiro atoms. The van der Waals surface area contributed by atoms with Crippen molar-refractivity contribution in [3.05, 3.63) is 11.6 Å². The van der Waals surface area contributed by atoms with Crippen molar-refractivity contribution in [1.82, 2.24) is 0 Å². The summed E-state index contributed by atoms with van der Waals surface area (Å²) in [4.78, 5) is 11.3. The zero-order valence-corrected chi connectivity index (χ0v) is 9.35. The molecule has 1 rings (SSSR count). The fourth-order valence-corrected chi connectivity index (χ4v) is 2.04. The summed E-state index contributed by atoms with van der Waals surface area (Å²) < 4.78 is 0. The van der Waals surface area contributed by atoms with Gasteiger partial charge >= 0.3 is 0 Å². The second-order valence-corrected chi connectivity index (χ2v) is 4.30. The van der Waals surface area contributed by atoms with Gasteiger partial charge in [-0.25, -0.2) is 0 Å². The van der Waals surface area contributed by atoms with Gasteiger partial charge in [0.2, 0.25) is 0 Å². The molecule has 0 aromatic carbocycles. The van der Waals surface area contributed by atoms with Crippen molar-refractivity contribution >= 4 is 5.78 Å². The van der Waals surface area contributed by atoms with Crippen LogP contribution in [0.3, 0.4) is 0 Å². The minimum absolute atomic E-state index is 0.282. The molecule has 0 amide bonds. The van der Waals surface area contributed by atoms with Crippen molar-refractivity contribution in [3.63, 3.8) is 0 Å². The van der Waals surface area contributed by atoms with E-state index >= 15 is 0 Å². The molecule has 0 atom stereocenters. The molecule has 14 heavy (non-hydrogen) atoms. The average molecular weight is 194 g/mol. The minimum Gasteiger partial charge on any atom is -0.295 e. The molecule has 0 aliphatic heterocycles. The maximum absolute atomic E-state index is 11.3. The van der Waals surface area contributed by atoms with E-state index in [0.29, 0.717) is 0 Å². The lowest BCUT2D eigenvalue weighted by Gasteiger charge is -2.02. The molecule has 0 aromatic rings. The third kappa shape index (κ3) is 4.59. The summed E-state index contributed by atoms with van der Waals surface area (Å²) in [5.41, 5.74) is 1.08. The first kappa shape index (κ1) is 11.5. The highest BCUT2D eigenvalue weighted by atomic mass is 16.1. The van der Waals surface area contributed by atoms with E-state index in [2.05, 4.69) is 6.08 Å². The predicted octanol–water partition coefficient (Wildman–Crippen LogP) is 4.03. The van der Waals surface area contributed by atoms with Crippen LogP contribution in [0.5, 0.6) is 0 Å². The molecule has 0 fully saturated rings. The summed E-state index contributed by atoms with van der Waals surface area (Å²) in [5, 5.41) is 0. The molecule has 1 aliphatic rings. The Bertz CT molecular complexity index is 203. The Morgan fingerprint density at radius 3 is 2.21 bits per heavy atom. The van der Waals surface area contributed by atoms with Crippen molar-refractivity contribution in [3.8, 4) is 0 Å². The Hall–Kier alpha value is -0.590. The lowest BCUT2D eigenvalue weighted by atomic mass is 10.0. The molecule has 0 N–H and O–H groups in total. The van der Waals surface area contributed by atoms with Crippen molar-refractivity contribution in [2.45, 2.75) is 64.7 Å². The molecule has 1 heteroatoms. The monoisotopic (exact) mass is 194 g/mol. The van der Waals surface area contributed by atoms with Gasteiger partial charge in [0.25, 0.3) is 0 Å². The average Bonchev–Trinajstić information content (AvgIpc) is 2.21. The van der Waals surface area contributed by atoms with E-state index in [4.69, 9.17) is 0 Å². The fraction of sp³-hybridized carbons (Fsp3) is 0.769. The molecule has 80 valence electrons. The van der Waals surface area contributed by atoms with Gasteiger partial charge in [-0.05, 0) is 38.2 Å². The van der Waals surface area contributed by atoms with E-state index in [-0.39, 0.29) is 5.78 Å². The molecule has 1 nitrogen and oxygen atoms in total. The molecule has 0 unspecified atom stereocenters. The Morgan fingerprint density at radius 1 is 1.00 bits per heavy atom. The molecule has 0 radical (unpaired) electrons. The van der Waals surface area contributed by atoms with Gasteiger partial charge in [0, 0.05) is 0 Å². The number of hydrogen-bond acceptors (Lipinski definition) is 1. The molecular weight excluding hydrogens is 172 g/mol. The minimum atomic E-state index is 0.282. The number of Topliss-reactive ketones (excluding diaryl/α,β-unsaturated/α-hetero) is 1. The zero-order chi connectivity index (χ0) is 10.2. The summed E-state index contributed by atoms with van der Waals surface area (Å²) in [6.45, 7) is 1.70. The van der Waals surface area contributed by atoms with Gasteiger partial charge in [-0.2, -0.15) is 0 Å². The van der Waals surface area contributed by atoms with E-state index in [0.717, 1.165) is 18.4 Å². The molecule has 0 heterocycles. The van der Waals surface area contributed by atoms with Crippen LogP contribution in [0.4, 0.5) is 0 Å². The smallest absolute Gasteiger partial charge is 0.155 e. The van der Waals surface area contributed by atoms with Crippen LogP contribution in [0, 0.1) is 0 Å². The van der Waals surface area contributed by atoms with E-state index in [1.807, 2.05) is 0 Å². The van der Waals surface area contributed by atoms with Crippen LogP contribution >= 0.6 is 0 Å². The molecule has 1 aliphatic carbocycles. The summed E-state index contributed by atoms with van der Waals surface area (Å²) in [6.07, 6.45) is 13.5. The van der Waals surface area contributed by atoms with Crippen LogP contribution in [-0.2, 0) is 4.79 Å². The first-order valence-corrected chi connectivity index (χ1v) is 6.00. The number of hydrogen-bond donors (Lipinski definition) is 0. The van der Waals surface area contributed by atoms with Crippen LogP contribution in [0.15, 0.2) is 11.6 Å². The summed E-state index contributed by atoms with van der Waals surface area (Å²) in [7, 11) is 0. The van der Waals surface area contributed by atoms with E-state index in [9.17, 15) is 4.79 Å². The van der Waals surface area contributed by atoms with Gasteiger partial charge < -0.3 is 0 Å². The van der Waals surface area contributed by atoms with Gasteiger partial charge in [-0.15, -0.1) is 0 Å². The lowest BCUT2D eigenvalue weighted by Crippen LogP contribution is -1.96. The summed E-state index contributed by atoms with van der Waals surface area (Å²) in [5.74, 6) is 0.282. The van der Waals surface area contributed by atoms with Gasteiger partial charge in [-0.3, -0.25) is 4.79 Å². The molecule has 0 saturated carbocycles. The SMILES string of the molecule is CC(=O)/C1=C\CCCCCCCCC1. The van der Waals surface area contributed by atoms with Crippen LogP contribution in [0.25, 0.3) is 0 Å². The number of rotatable bonds is 1. The predicted molar refractivity (Wildman–Crippen MR) is 60.3 cm³/mol. The van der Waals surface area contributed by atoms with Crippen LogP contribution in [0.2, 0.25) is 0 Å². The normalized spacial score (nSPS) is 24.5. The van der Waals surface area contributed by atoms with Gasteiger partial charge in [0.1, 0.15) is 0 Å². The van der Waals surface area contributed by atoms with Crippen LogP contribution < -0.4 is 0 Å². The molecule has 0 saturated heterocycles. The third-order valence-corrected chi connectivity index (χ3v) is 2.99. The Balaban J connectivity index is 2.44. The maximum atomic E-state index is 11.3. The fourth-order valence-electron chi connectivity index (χ4n) is 2.04. The van der Waals surface area contributed by atoms with E-state index in [1.54, 1.807) is 6.92 Å². The zero-order valence-electron chi connectivity index (χ0n) is 9.35. The highest BCUT2D eigenvalue weighted by Crippen LogP contribution is 2.17. The van der Waals surface area contributed by atoms with E-state index < -0.39 is 0 Å². The Labute approximate surface area is 87.6 Å². The molecular formula is C13H22O. The second kappa shape index (κ2) is 6.80. The largest absolute Gasteiger partial charge is 0.295 e.